The second kappa shape index (κ2) is 8.56. The molecule has 0 bridgehead atoms. The molecule has 0 saturated carbocycles. The molecule has 1 amide bonds. The number of amides is 1. The zero-order valence-corrected chi connectivity index (χ0v) is 16.6. The first-order chi connectivity index (χ1) is 13.4. The van der Waals surface area contributed by atoms with Gasteiger partial charge in [-0.05, 0) is 51.3 Å². The number of nitrogens with zero attached hydrogens (tertiary/aromatic N) is 3. The van der Waals surface area contributed by atoms with E-state index in [4.69, 9.17) is 4.74 Å². The van der Waals surface area contributed by atoms with Crippen molar-refractivity contribution in [2.45, 2.75) is 52.4 Å². The molecule has 1 aliphatic heterocycles. The largest absolute Gasteiger partial charge is 0.478 e. The minimum atomic E-state index is -0.960. The van der Waals surface area contributed by atoms with Crippen LogP contribution in [-0.2, 0) is 11.3 Å². The molecule has 1 N–H and O–H groups in total. The fourth-order valence-corrected chi connectivity index (χ4v) is 3.50. The zero-order valence-electron chi connectivity index (χ0n) is 16.6. The van der Waals surface area contributed by atoms with Gasteiger partial charge in [0.2, 0.25) is 0 Å². The SMILES string of the molecule is Cc1c(C(=O)O)cnn1C1CCN(C(=O)c2ccc(COC(C)C)cc2)CC1. The van der Waals surface area contributed by atoms with Crippen molar-refractivity contribution in [3.63, 3.8) is 0 Å². The molecular formula is C21H27N3O4. The van der Waals surface area contributed by atoms with Crippen molar-refractivity contribution in [2.24, 2.45) is 0 Å². The third-order valence-electron chi connectivity index (χ3n) is 5.16. The van der Waals surface area contributed by atoms with E-state index in [9.17, 15) is 14.7 Å². The first kappa shape index (κ1) is 20.1. The molecule has 0 aliphatic carbocycles. The number of aromatic carboxylic acids is 1. The number of hydrogen-bond donors (Lipinski definition) is 1. The molecule has 0 spiro atoms. The summed E-state index contributed by atoms with van der Waals surface area (Å²) in [6, 6.07) is 7.69. The maximum Gasteiger partial charge on any atom is 0.339 e. The minimum Gasteiger partial charge on any atom is -0.478 e. The Hall–Kier alpha value is -2.67. The lowest BCUT2D eigenvalue weighted by atomic mass is 10.0. The molecule has 7 heteroatoms. The molecule has 1 fully saturated rings. The van der Waals surface area contributed by atoms with Gasteiger partial charge >= 0.3 is 5.97 Å². The van der Waals surface area contributed by atoms with Gasteiger partial charge in [-0.2, -0.15) is 5.10 Å². The minimum absolute atomic E-state index is 0.0261. The van der Waals surface area contributed by atoms with Crippen LogP contribution >= 0.6 is 0 Å². The number of carbonyl (C=O) groups excluding carboxylic acids is 1. The summed E-state index contributed by atoms with van der Waals surface area (Å²) in [4.78, 5) is 25.8. The van der Waals surface area contributed by atoms with E-state index in [1.807, 2.05) is 43.0 Å². The fourth-order valence-electron chi connectivity index (χ4n) is 3.50. The van der Waals surface area contributed by atoms with Crippen LogP contribution in [0.5, 0.6) is 0 Å². The Kier molecular flexibility index (Phi) is 6.14. The molecule has 7 nitrogen and oxygen atoms in total. The highest BCUT2D eigenvalue weighted by atomic mass is 16.5. The van der Waals surface area contributed by atoms with Crippen LogP contribution in [0, 0.1) is 6.92 Å². The van der Waals surface area contributed by atoms with E-state index in [1.54, 1.807) is 11.6 Å². The second-order valence-electron chi connectivity index (χ2n) is 7.47. The maximum absolute atomic E-state index is 12.8. The Balaban J connectivity index is 1.58. The molecule has 2 heterocycles. The molecule has 0 unspecified atom stereocenters. The average Bonchev–Trinajstić information content (AvgIpc) is 3.08. The van der Waals surface area contributed by atoms with E-state index in [0.29, 0.717) is 31.0 Å². The van der Waals surface area contributed by atoms with Gasteiger partial charge < -0.3 is 14.7 Å². The predicted molar refractivity (Wildman–Crippen MR) is 104 cm³/mol. The Morgan fingerprint density at radius 3 is 2.39 bits per heavy atom. The van der Waals surface area contributed by atoms with Crippen LogP contribution in [0.25, 0.3) is 0 Å². The summed E-state index contributed by atoms with van der Waals surface area (Å²) < 4.78 is 7.37. The molecule has 1 aromatic carbocycles. The lowest BCUT2D eigenvalue weighted by Crippen LogP contribution is -2.39. The van der Waals surface area contributed by atoms with E-state index in [0.717, 1.165) is 18.4 Å². The summed E-state index contributed by atoms with van der Waals surface area (Å²) in [5.41, 5.74) is 2.62. The Bertz CT molecular complexity index is 834. The molecular weight excluding hydrogens is 358 g/mol. The van der Waals surface area contributed by atoms with Gasteiger partial charge in [-0.15, -0.1) is 0 Å². The third kappa shape index (κ3) is 4.42. The number of hydrogen-bond acceptors (Lipinski definition) is 4. The molecule has 150 valence electrons. The van der Waals surface area contributed by atoms with Crippen LogP contribution in [-0.4, -0.2) is 50.9 Å². The number of rotatable bonds is 6. The highest BCUT2D eigenvalue weighted by Gasteiger charge is 2.27. The number of benzene rings is 1. The lowest BCUT2D eigenvalue weighted by molar-refractivity contribution is 0.0653. The topological polar surface area (TPSA) is 84.7 Å². The molecule has 1 aliphatic rings. The number of aromatic nitrogens is 2. The van der Waals surface area contributed by atoms with Gasteiger partial charge in [0.15, 0.2) is 0 Å². The molecule has 1 aromatic heterocycles. The summed E-state index contributed by atoms with van der Waals surface area (Å²) in [5.74, 6) is -0.934. The second-order valence-corrected chi connectivity index (χ2v) is 7.47. The smallest absolute Gasteiger partial charge is 0.339 e. The number of carbonyl (C=O) groups is 2. The number of piperidine rings is 1. The van der Waals surface area contributed by atoms with Crippen LogP contribution in [0.1, 0.15) is 64.7 Å². The number of likely N-dealkylation sites (tertiary alicyclic amines) is 1. The molecule has 2 aromatic rings. The Morgan fingerprint density at radius 2 is 1.86 bits per heavy atom. The Morgan fingerprint density at radius 1 is 1.21 bits per heavy atom. The van der Waals surface area contributed by atoms with Gasteiger partial charge in [0.05, 0.1) is 30.6 Å². The van der Waals surface area contributed by atoms with Gasteiger partial charge in [-0.3, -0.25) is 9.48 Å². The quantitative estimate of drug-likeness (QED) is 0.825. The standard InChI is InChI=1S/C21H27N3O4/c1-14(2)28-13-16-4-6-17(7-5-16)20(25)23-10-8-18(9-11-23)24-15(3)19(12-22-24)21(26)27/h4-7,12,14,18H,8-11,13H2,1-3H3,(H,26,27). The zero-order chi connectivity index (χ0) is 20.3. The highest BCUT2D eigenvalue weighted by Crippen LogP contribution is 2.25. The highest BCUT2D eigenvalue weighted by molar-refractivity contribution is 5.94. The average molecular weight is 385 g/mol. The predicted octanol–water partition coefficient (Wildman–Crippen LogP) is 3.29. The van der Waals surface area contributed by atoms with Gasteiger partial charge in [0.1, 0.15) is 5.56 Å². The lowest BCUT2D eigenvalue weighted by Gasteiger charge is -2.32. The Labute approximate surface area is 164 Å². The monoisotopic (exact) mass is 385 g/mol. The number of ether oxygens (including phenoxy) is 1. The summed E-state index contributed by atoms with van der Waals surface area (Å²) in [6.45, 7) is 7.56. The maximum atomic E-state index is 12.8. The van der Waals surface area contributed by atoms with Gasteiger partial charge in [0.25, 0.3) is 5.91 Å². The van der Waals surface area contributed by atoms with Crippen molar-refractivity contribution >= 4 is 11.9 Å². The van der Waals surface area contributed by atoms with Crippen molar-refractivity contribution in [3.8, 4) is 0 Å². The summed E-state index contributed by atoms with van der Waals surface area (Å²) in [5, 5.41) is 13.4. The van der Waals surface area contributed by atoms with Crippen LogP contribution in [0.4, 0.5) is 0 Å². The van der Waals surface area contributed by atoms with Crippen molar-refractivity contribution < 1.29 is 19.4 Å². The molecule has 28 heavy (non-hydrogen) atoms. The van der Waals surface area contributed by atoms with Gasteiger partial charge in [-0.25, -0.2) is 4.79 Å². The normalized spacial score (nSPS) is 15.2. The summed E-state index contributed by atoms with van der Waals surface area (Å²) >= 11 is 0. The van der Waals surface area contributed by atoms with Crippen LogP contribution in [0.2, 0.25) is 0 Å². The molecule has 3 rings (SSSR count). The van der Waals surface area contributed by atoms with Crippen molar-refractivity contribution in [1.82, 2.24) is 14.7 Å². The van der Waals surface area contributed by atoms with Gasteiger partial charge in [-0.1, -0.05) is 12.1 Å². The number of carboxylic acids is 1. The summed E-state index contributed by atoms with van der Waals surface area (Å²) in [7, 11) is 0. The molecule has 1 saturated heterocycles. The van der Waals surface area contributed by atoms with E-state index in [2.05, 4.69) is 5.10 Å². The summed E-state index contributed by atoms with van der Waals surface area (Å²) in [6.07, 6.45) is 3.09. The first-order valence-corrected chi connectivity index (χ1v) is 9.64. The van der Waals surface area contributed by atoms with E-state index in [-0.39, 0.29) is 23.6 Å². The molecule has 0 radical (unpaired) electrons. The van der Waals surface area contributed by atoms with Crippen molar-refractivity contribution in [2.75, 3.05) is 13.1 Å². The van der Waals surface area contributed by atoms with E-state index in [1.165, 1.54) is 6.20 Å². The fraction of sp³-hybridized carbons (Fsp3) is 0.476. The van der Waals surface area contributed by atoms with Crippen LogP contribution < -0.4 is 0 Å². The van der Waals surface area contributed by atoms with Crippen LogP contribution in [0.3, 0.4) is 0 Å². The van der Waals surface area contributed by atoms with E-state index >= 15 is 0 Å². The van der Waals surface area contributed by atoms with E-state index < -0.39 is 5.97 Å². The third-order valence-corrected chi connectivity index (χ3v) is 5.16. The molecule has 0 atom stereocenters. The van der Waals surface area contributed by atoms with Gasteiger partial charge in [0, 0.05) is 18.7 Å². The van der Waals surface area contributed by atoms with Crippen molar-refractivity contribution in [1.29, 1.82) is 0 Å². The number of carboxylic acid groups (broad SMARTS) is 1. The van der Waals surface area contributed by atoms with Crippen molar-refractivity contribution in [3.05, 3.63) is 52.8 Å². The van der Waals surface area contributed by atoms with Crippen LogP contribution in [0.15, 0.2) is 30.5 Å². The first-order valence-electron chi connectivity index (χ1n) is 9.64.